The SMILES string of the molecule is CNCc1ccc(-c2ccc(N(C)C)cc2)cc1Cl. The molecule has 1 N–H and O–H groups in total. The summed E-state index contributed by atoms with van der Waals surface area (Å²) in [7, 11) is 6.00. The van der Waals surface area contributed by atoms with E-state index in [0.29, 0.717) is 0 Å². The smallest absolute Gasteiger partial charge is 0.0457 e. The van der Waals surface area contributed by atoms with Crippen LogP contribution < -0.4 is 10.2 Å². The van der Waals surface area contributed by atoms with E-state index in [9.17, 15) is 0 Å². The molecule has 2 aromatic carbocycles. The van der Waals surface area contributed by atoms with Crippen molar-refractivity contribution in [3.05, 3.63) is 53.1 Å². The Morgan fingerprint density at radius 3 is 2.16 bits per heavy atom. The van der Waals surface area contributed by atoms with Gasteiger partial charge in [0.1, 0.15) is 0 Å². The normalized spacial score (nSPS) is 10.5. The van der Waals surface area contributed by atoms with Crippen LogP contribution in [0.25, 0.3) is 11.1 Å². The molecule has 2 rings (SSSR count). The van der Waals surface area contributed by atoms with Crippen molar-refractivity contribution >= 4 is 17.3 Å². The van der Waals surface area contributed by atoms with Gasteiger partial charge in [0, 0.05) is 31.4 Å². The van der Waals surface area contributed by atoms with Crippen LogP contribution in [-0.2, 0) is 6.54 Å². The highest BCUT2D eigenvalue weighted by Gasteiger charge is 2.04. The molecule has 0 aliphatic heterocycles. The number of hydrogen-bond acceptors (Lipinski definition) is 2. The lowest BCUT2D eigenvalue weighted by Gasteiger charge is -2.13. The van der Waals surface area contributed by atoms with Gasteiger partial charge in [-0.2, -0.15) is 0 Å². The van der Waals surface area contributed by atoms with Gasteiger partial charge in [-0.15, -0.1) is 0 Å². The number of rotatable bonds is 4. The van der Waals surface area contributed by atoms with Crippen LogP contribution in [0.3, 0.4) is 0 Å². The second kappa shape index (κ2) is 6.09. The van der Waals surface area contributed by atoms with Crippen LogP contribution in [-0.4, -0.2) is 21.1 Å². The average molecular weight is 275 g/mol. The molecule has 0 aromatic heterocycles. The molecule has 0 bridgehead atoms. The van der Waals surface area contributed by atoms with Crippen LogP contribution in [0, 0.1) is 0 Å². The van der Waals surface area contributed by atoms with Crippen molar-refractivity contribution in [3.8, 4) is 11.1 Å². The Labute approximate surface area is 120 Å². The van der Waals surface area contributed by atoms with E-state index in [-0.39, 0.29) is 0 Å². The molecule has 2 nitrogen and oxygen atoms in total. The highest BCUT2D eigenvalue weighted by atomic mass is 35.5. The largest absolute Gasteiger partial charge is 0.378 e. The van der Waals surface area contributed by atoms with Crippen molar-refractivity contribution in [1.82, 2.24) is 5.32 Å². The Bertz CT molecular complexity index is 547. The third-order valence-corrected chi connectivity index (χ3v) is 3.49. The van der Waals surface area contributed by atoms with Gasteiger partial charge in [0.15, 0.2) is 0 Å². The molecule has 0 atom stereocenters. The van der Waals surface area contributed by atoms with Crippen molar-refractivity contribution in [2.24, 2.45) is 0 Å². The Morgan fingerprint density at radius 2 is 1.63 bits per heavy atom. The lowest BCUT2D eigenvalue weighted by molar-refractivity contribution is 0.818. The van der Waals surface area contributed by atoms with Crippen molar-refractivity contribution in [1.29, 1.82) is 0 Å². The number of hydrogen-bond donors (Lipinski definition) is 1. The Kier molecular flexibility index (Phi) is 4.46. The van der Waals surface area contributed by atoms with Crippen LogP contribution in [0.15, 0.2) is 42.5 Å². The summed E-state index contributed by atoms with van der Waals surface area (Å²) < 4.78 is 0. The monoisotopic (exact) mass is 274 g/mol. The van der Waals surface area contributed by atoms with Gasteiger partial charge in [0.2, 0.25) is 0 Å². The van der Waals surface area contributed by atoms with Gasteiger partial charge in [-0.05, 0) is 41.9 Å². The van der Waals surface area contributed by atoms with Gasteiger partial charge in [-0.25, -0.2) is 0 Å². The molecule has 0 saturated carbocycles. The number of benzene rings is 2. The molecular weight excluding hydrogens is 256 g/mol. The Morgan fingerprint density at radius 1 is 1.00 bits per heavy atom. The Balaban J connectivity index is 2.29. The summed E-state index contributed by atoms with van der Waals surface area (Å²) in [6.45, 7) is 0.790. The van der Waals surface area contributed by atoms with Crippen LogP contribution in [0.2, 0.25) is 5.02 Å². The fourth-order valence-electron chi connectivity index (χ4n) is 2.01. The molecule has 0 aliphatic rings. The van der Waals surface area contributed by atoms with E-state index in [0.717, 1.165) is 22.7 Å². The fraction of sp³-hybridized carbons (Fsp3) is 0.250. The van der Waals surface area contributed by atoms with Gasteiger partial charge in [-0.1, -0.05) is 35.9 Å². The molecule has 3 heteroatoms. The van der Waals surface area contributed by atoms with Gasteiger partial charge >= 0.3 is 0 Å². The molecule has 0 unspecified atom stereocenters. The minimum Gasteiger partial charge on any atom is -0.378 e. The highest BCUT2D eigenvalue weighted by Crippen LogP contribution is 2.27. The van der Waals surface area contributed by atoms with Crippen molar-refractivity contribution in [3.63, 3.8) is 0 Å². The Hall–Kier alpha value is -1.51. The van der Waals surface area contributed by atoms with Crippen LogP contribution in [0.5, 0.6) is 0 Å². The topological polar surface area (TPSA) is 15.3 Å². The van der Waals surface area contributed by atoms with E-state index in [4.69, 9.17) is 11.6 Å². The number of nitrogens with one attached hydrogen (secondary N) is 1. The molecule has 19 heavy (non-hydrogen) atoms. The lowest BCUT2D eigenvalue weighted by atomic mass is 10.0. The zero-order valence-electron chi connectivity index (χ0n) is 11.6. The zero-order valence-corrected chi connectivity index (χ0v) is 12.3. The molecule has 0 spiro atoms. The van der Waals surface area contributed by atoms with Crippen LogP contribution in [0.4, 0.5) is 5.69 Å². The second-order valence-corrected chi connectivity index (χ2v) is 5.19. The van der Waals surface area contributed by atoms with Gasteiger partial charge in [0.25, 0.3) is 0 Å². The van der Waals surface area contributed by atoms with E-state index >= 15 is 0 Å². The maximum atomic E-state index is 6.29. The molecule has 0 radical (unpaired) electrons. The molecule has 0 fully saturated rings. The van der Waals surface area contributed by atoms with E-state index in [1.54, 1.807) is 0 Å². The van der Waals surface area contributed by atoms with Gasteiger partial charge < -0.3 is 10.2 Å². The predicted molar refractivity (Wildman–Crippen MR) is 84.0 cm³/mol. The summed E-state index contributed by atoms with van der Waals surface area (Å²) in [5.74, 6) is 0. The van der Waals surface area contributed by atoms with E-state index in [1.165, 1.54) is 11.3 Å². The third-order valence-electron chi connectivity index (χ3n) is 3.14. The minimum absolute atomic E-state index is 0.790. The molecule has 100 valence electrons. The summed E-state index contributed by atoms with van der Waals surface area (Å²) in [5, 5.41) is 3.92. The van der Waals surface area contributed by atoms with Crippen molar-refractivity contribution < 1.29 is 0 Å². The quantitative estimate of drug-likeness (QED) is 0.912. The standard InChI is InChI=1S/C16H19ClN2/c1-18-11-14-5-4-13(10-16(14)17)12-6-8-15(9-7-12)19(2)3/h4-10,18H,11H2,1-3H3. The first kappa shape index (κ1) is 13.9. The third kappa shape index (κ3) is 3.28. The number of halogens is 1. The van der Waals surface area contributed by atoms with Gasteiger partial charge in [-0.3, -0.25) is 0 Å². The zero-order chi connectivity index (χ0) is 13.8. The van der Waals surface area contributed by atoms with Crippen molar-refractivity contribution in [2.45, 2.75) is 6.54 Å². The highest BCUT2D eigenvalue weighted by molar-refractivity contribution is 6.31. The average Bonchev–Trinajstić information content (AvgIpc) is 2.41. The van der Waals surface area contributed by atoms with Crippen LogP contribution in [0.1, 0.15) is 5.56 Å². The first-order valence-electron chi connectivity index (χ1n) is 6.32. The molecular formula is C16H19ClN2. The molecule has 0 aliphatic carbocycles. The molecule has 0 saturated heterocycles. The number of anilines is 1. The maximum absolute atomic E-state index is 6.29. The number of nitrogens with zero attached hydrogens (tertiary/aromatic N) is 1. The molecule has 2 aromatic rings. The minimum atomic E-state index is 0.790. The molecule has 0 heterocycles. The van der Waals surface area contributed by atoms with E-state index < -0.39 is 0 Å². The van der Waals surface area contributed by atoms with E-state index in [2.05, 4.69) is 46.6 Å². The molecule has 0 amide bonds. The van der Waals surface area contributed by atoms with Gasteiger partial charge in [0.05, 0.1) is 0 Å². The van der Waals surface area contributed by atoms with Crippen LogP contribution >= 0.6 is 11.6 Å². The predicted octanol–water partition coefficient (Wildman–Crippen LogP) is 3.79. The first-order valence-corrected chi connectivity index (χ1v) is 6.70. The second-order valence-electron chi connectivity index (χ2n) is 4.78. The van der Waals surface area contributed by atoms with Crippen molar-refractivity contribution in [2.75, 3.05) is 26.0 Å². The van der Waals surface area contributed by atoms with E-state index in [1.807, 2.05) is 27.2 Å². The summed E-state index contributed by atoms with van der Waals surface area (Å²) in [5.41, 5.74) is 4.65. The summed E-state index contributed by atoms with van der Waals surface area (Å²) >= 11 is 6.29. The summed E-state index contributed by atoms with van der Waals surface area (Å²) in [4.78, 5) is 2.09. The first-order chi connectivity index (χ1) is 9.11. The lowest BCUT2D eigenvalue weighted by Crippen LogP contribution is -2.07. The summed E-state index contributed by atoms with van der Waals surface area (Å²) in [6.07, 6.45) is 0. The summed E-state index contributed by atoms with van der Waals surface area (Å²) in [6, 6.07) is 14.7. The fourth-order valence-corrected chi connectivity index (χ4v) is 2.26. The maximum Gasteiger partial charge on any atom is 0.0457 e.